The van der Waals surface area contributed by atoms with Crippen molar-refractivity contribution in [2.75, 3.05) is 39.5 Å². The molecule has 1 heterocycles. The van der Waals surface area contributed by atoms with Gasteiger partial charge in [-0.15, -0.1) is 0 Å². The van der Waals surface area contributed by atoms with Crippen molar-refractivity contribution in [1.82, 2.24) is 10.3 Å². The number of carbonyl (C=O) groups is 1. The zero-order valence-electron chi connectivity index (χ0n) is 12.8. The van der Waals surface area contributed by atoms with Crippen molar-refractivity contribution in [2.45, 2.75) is 6.92 Å². The van der Waals surface area contributed by atoms with Gasteiger partial charge in [-0.25, -0.2) is 5.43 Å². The summed E-state index contributed by atoms with van der Waals surface area (Å²) in [6.07, 6.45) is 1.60. The van der Waals surface area contributed by atoms with E-state index in [-0.39, 0.29) is 5.91 Å². The van der Waals surface area contributed by atoms with E-state index < -0.39 is 0 Å². The van der Waals surface area contributed by atoms with Gasteiger partial charge in [0.25, 0.3) is 5.91 Å². The smallest absolute Gasteiger partial charge is 0.254 e. The van der Waals surface area contributed by atoms with E-state index in [4.69, 9.17) is 9.47 Å². The standard InChI is InChI=1S/C15H19Br2N3O3/c1-2-23-15-12(16)7-11(8-13(15)17)9-18-19-14(21)10-20-3-5-22-6-4-20/h7-9H,2-6,10H2,1H3,(H,19,21)/b18-9-. The average Bonchev–Trinajstić information content (AvgIpc) is 2.52. The fourth-order valence-corrected chi connectivity index (χ4v) is 3.56. The topological polar surface area (TPSA) is 63.2 Å². The summed E-state index contributed by atoms with van der Waals surface area (Å²) in [5.74, 6) is 0.619. The first kappa shape index (κ1) is 18.4. The van der Waals surface area contributed by atoms with E-state index in [9.17, 15) is 4.79 Å². The molecule has 0 spiro atoms. The molecular formula is C15H19Br2N3O3. The molecule has 2 rings (SSSR count). The van der Waals surface area contributed by atoms with Crippen LogP contribution < -0.4 is 10.2 Å². The summed E-state index contributed by atoms with van der Waals surface area (Å²) in [4.78, 5) is 13.9. The van der Waals surface area contributed by atoms with Gasteiger partial charge < -0.3 is 9.47 Å². The molecule has 1 saturated heterocycles. The van der Waals surface area contributed by atoms with E-state index in [0.29, 0.717) is 26.4 Å². The van der Waals surface area contributed by atoms with Gasteiger partial charge >= 0.3 is 0 Å². The molecule has 0 saturated carbocycles. The Morgan fingerprint density at radius 1 is 1.39 bits per heavy atom. The molecular weight excluding hydrogens is 430 g/mol. The second kappa shape index (κ2) is 9.36. The van der Waals surface area contributed by atoms with Crippen LogP contribution in [0.15, 0.2) is 26.2 Å². The average molecular weight is 449 g/mol. The highest BCUT2D eigenvalue weighted by molar-refractivity contribution is 9.11. The number of rotatable bonds is 6. The SMILES string of the molecule is CCOc1c(Br)cc(/C=N\NC(=O)CN2CCOCC2)cc1Br. The van der Waals surface area contributed by atoms with Crippen LogP contribution in [0.4, 0.5) is 0 Å². The molecule has 0 radical (unpaired) electrons. The quantitative estimate of drug-likeness (QED) is 0.536. The first-order valence-corrected chi connectivity index (χ1v) is 8.92. The molecule has 1 aliphatic rings. The number of benzene rings is 1. The van der Waals surface area contributed by atoms with Crippen molar-refractivity contribution in [1.29, 1.82) is 0 Å². The molecule has 0 aliphatic carbocycles. The molecule has 1 fully saturated rings. The van der Waals surface area contributed by atoms with Crippen molar-refractivity contribution in [3.8, 4) is 5.75 Å². The Kier molecular flexibility index (Phi) is 7.48. The van der Waals surface area contributed by atoms with E-state index in [1.165, 1.54) is 0 Å². The van der Waals surface area contributed by atoms with Crippen molar-refractivity contribution in [3.63, 3.8) is 0 Å². The van der Waals surface area contributed by atoms with Crippen LogP contribution in [-0.2, 0) is 9.53 Å². The molecule has 0 unspecified atom stereocenters. The minimum Gasteiger partial charge on any atom is -0.492 e. The molecule has 8 heteroatoms. The number of amides is 1. The molecule has 0 bridgehead atoms. The van der Waals surface area contributed by atoms with Crippen LogP contribution in [0, 0.1) is 0 Å². The van der Waals surface area contributed by atoms with Gasteiger partial charge in [0.05, 0.1) is 41.5 Å². The molecule has 0 atom stereocenters. The lowest BCUT2D eigenvalue weighted by atomic mass is 10.2. The number of hydrogen-bond acceptors (Lipinski definition) is 5. The summed E-state index contributed by atoms with van der Waals surface area (Å²) in [6.45, 7) is 5.74. The highest BCUT2D eigenvalue weighted by Gasteiger charge is 2.13. The third kappa shape index (κ3) is 5.87. The Hall–Kier alpha value is -0.960. The van der Waals surface area contributed by atoms with Gasteiger partial charge in [-0.2, -0.15) is 5.10 Å². The summed E-state index contributed by atoms with van der Waals surface area (Å²) in [7, 11) is 0. The summed E-state index contributed by atoms with van der Waals surface area (Å²) >= 11 is 6.93. The molecule has 1 amide bonds. The Bertz CT molecular complexity index is 552. The van der Waals surface area contributed by atoms with Gasteiger partial charge in [0.2, 0.25) is 0 Å². The number of nitrogens with zero attached hydrogens (tertiary/aromatic N) is 2. The van der Waals surface area contributed by atoms with Gasteiger partial charge in [0, 0.05) is 13.1 Å². The number of morpholine rings is 1. The van der Waals surface area contributed by atoms with E-state index in [2.05, 4.69) is 42.4 Å². The molecule has 1 aromatic rings. The third-order valence-electron chi connectivity index (χ3n) is 3.18. The number of hydrazone groups is 1. The Labute approximate surface area is 152 Å². The first-order chi connectivity index (χ1) is 11.1. The van der Waals surface area contributed by atoms with Gasteiger partial charge in [0.15, 0.2) is 0 Å². The van der Waals surface area contributed by atoms with Crippen LogP contribution in [0.25, 0.3) is 0 Å². The summed E-state index contributed by atoms with van der Waals surface area (Å²) < 4.78 is 12.4. The normalized spacial score (nSPS) is 15.8. The van der Waals surface area contributed by atoms with Crippen LogP contribution in [-0.4, -0.2) is 56.5 Å². The lowest BCUT2D eigenvalue weighted by Crippen LogP contribution is -2.42. The molecule has 1 N–H and O–H groups in total. The van der Waals surface area contributed by atoms with Gasteiger partial charge in [-0.3, -0.25) is 9.69 Å². The second-order valence-electron chi connectivity index (χ2n) is 4.93. The molecule has 126 valence electrons. The fraction of sp³-hybridized carbons (Fsp3) is 0.467. The highest BCUT2D eigenvalue weighted by Crippen LogP contribution is 2.34. The molecule has 6 nitrogen and oxygen atoms in total. The fourth-order valence-electron chi connectivity index (χ4n) is 2.11. The maximum atomic E-state index is 11.8. The number of nitrogens with one attached hydrogen (secondary N) is 1. The van der Waals surface area contributed by atoms with Crippen LogP contribution >= 0.6 is 31.9 Å². The molecule has 0 aromatic heterocycles. The van der Waals surface area contributed by atoms with Crippen LogP contribution in [0.1, 0.15) is 12.5 Å². The molecule has 1 aromatic carbocycles. The second-order valence-corrected chi connectivity index (χ2v) is 6.64. The predicted octanol–water partition coefficient (Wildman–Crippen LogP) is 2.39. The number of ether oxygens (including phenoxy) is 2. The third-order valence-corrected chi connectivity index (χ3v) is 4.36. The van der Waals surface area contributed by atoms with Crippen LogP contribution in [0.2, 0.25) is 0 Å². The summed E-state index contributed by atoms with van der Waals surface area (Å²) in [6, 6.07) is 3.76. The van der Waals surface area contributed by atoms with Crippen molar-refractivity contribution < 1.29 is 14.3 Å². The van der Waals surface area contributed by atoms with E-state index in [1.807, 2.05) is 24.0 Å². The zero-order valence-corrected chi connectivity index (χ0v) is 16.0. The lowest BCUT2D eigenvalue weighted by Gasteiger charge is -2.25. The number of hydrogen-bond donors (Lipinski definition) is 1. The summed E-state index contributed by atoms with van der Waals surface area (Å²) in [5.41, 5.74) is 3.39. The Balaban J connectivity index is 1.88. The lowest BCUT2D eigenvalue weighted by molar-refractivity contribution is -0.123. The van der Waals surface area contributed by atoms with E-state index >= 15 is 0 Å². The monoisotopic (exact) mass is 447 g/mol. The van der Waals surface area contributed by atoms with Crippen molar-refractivity contribution >= 4 is 44.0 Å². The van der Waals surface area contributed by atoms with Gasteiger partial charge in [-0.1, -0.05) is 0 Å². The highest BCUT2D eigenvalue weighted by atomic mass is 79.9. The Morgan fingerprint density at radius 2 is 2.04 bits per heavy atom. The number of halogens is 2. The minimum absolute atomic E-state index is 0.132. The molecule has 23 heavy (non-hydrogen) atoms. The van der Waals surface area contributed by atoms with Crippen LogP contribution in [0.3, 0.4) is 0 Å². The van der Waals surface area contributed by atoms with E-state index in [1.54, 1.807) is 6.21 Å². The summed E-state index contributed by atoms with van der Waals surface area (Å²) in [5, 5.41) is 4.00. The van der Waals surface area contributed by atoms with E-state index in [0.717, 1.165) is 33.3 Å². The van der Waals surface area contributed by atoms with Crippen LogP contribution in [0.5, 0.6) is 5.75 Å². The maximum absolute atomic E-state index is 11.8. The van der Waals surface area contributed by atoms with Gasteiger partial charge in [0.1, 0.15) is 5.75 Å². The first-order valence-electron chi connectivity index (χ1n) is 7.34. The van der Waals surface area contributed by atoms with Crippen molar-refractivity contribution in [3.05, 3.63) is 26.6 Å². The van der Waals surface area contributed by atoms with Crippen molar-refractivity contribution in [2.24, 2.45) is 5.10 Å². The largest absolute Gasteiger partial charge is 0.492 e. The minimum atomic E-state index is -0.132. The predicted molar refractivity (Wildman–Crippen MR) is 96.0 cm³/mol. The maximum Gasteiger partial charge on any atom is 0.254 e. The Morgan fingerprint density at radius 3 is 2.65 bits per heavy atom. The number of carbonyl (C=O) groups excluding carboxylic acids is 1. The molecule has 1 aliphatic heterocycles. The van der Waals surface area contributed by atoms with Gasteiger partial charge in [-0.05, 0) is 56.5 Å². The zero-order chi connectivity index (χ0) is 16.7.